The molecule has 1 unspecified atom stereocenters. The Labute approximate surface area is 88.0 Å². The summed E-state index contributed by atoms with van der Waals surface area (Å²) in [4.78, 5) is 21.2. The van der Waals surface area contributed by atoms with Crippen LogP contribution in [0.2, 0.25) is 0 Å². The van der Waals surface area contributed by atoms with E-state index in [4.69, 9.17) is 10.5 Å². The van der Waals surface area contributed by atoms with Gasteiger partial charge < -0.3 is 10.5 Å². The molecule has 0 spiro atoms. The normalized spacial score (nSPS) is 11.8. The summed E-state index contributed by atoms with van der Waals surface area (Å²) < 4.78 is 5.31. The number of aldehydes is 1. The average Bonchev–Trinajstić information content (AvgIpc) is 2.26. The maximum atomic E-state index is 10.7. The van der Waals surface area contributed by atoms with E-state index in [2.05, 4.69) is 0 Å². The molecule has 4 heteroatoms. The zero-order valence-electron chi connectivity index (χ0n) is 8.47. The Kier molecular flexibility index (Phi) is 3.85. The molecule has 0 saturated heterocycles. The van der Waals surface area contributed by atoms with Crippen LogP contribution in [0.1, 0.15) is 17.3 Å². The van der Waals surface area contributed by atoms with Crippen LogP contribution in [0.15, 0.2) is 24.3 Å². The molecule has 0 heterocycles. The summed E-state index contributed by atoms with van der Waals surface area (Å²) >= 11 is 0. The van der Waals surface area contributed by atoms with E-state index in [-0.39, 0.29) is 12.5 Å². The lowest BCUT2D eigenvalue weighted by molar-refractivity contribution is -0.122. The van der Waals surface area contributed by atoms with Crippen LogP contribution in [0, 0.1) is 5.92 Å². The monoisotopic (exact) mass is 207 g/mol. The number of rotatable bonds is 5. The van der Waals surface area contributed by atoms with Gasteiger partial charge in [0.05, 0.1) is 12.5 Å². The predicted molar refractivity (Wildman–Crippen MR) is 55.7 cm³/mol. The lowest BCUT2D eigenvalue weighted by Crippen LogP contribution is -2.25. The molecule has 1 amide bonds. The Morgan fingerprint density at radius 3 is 2.93 bits per heavy atom. The van der Waals surface area contributed by atoms with Gasteiger partial charge in [0.15, 0.2) is 0 Å². The van der Waals surface area contributed by atoms with E-state index >= 15 is 0 Å². The molecule has 80 valence electrons. The van der Waals surface area contributed by atoms with E-state index in [1.807, 2.05) is 0 Å². The van der Waals surface area contributed by atoms with Crippen molar-refractivity contribution in [1.82, 2.24) is 0 Å². The molecule has 0 aliphatic rings. The fraction of sp³-hybridized carbons (Fsp3) is 0.273. The molecule has 1 rings (SSSR count). The van der Waals surface area contributed by atoms with Crippen molar-refractivity contribution in [3.63, 3.8) is 0 Å². The van der Waals surface area contributed by atoms with Crippen LogP contribution in [0.3, 0.4) is 0 Å². The molecule has 15 heavy (non-hydrogen) atoms. The Morgan fingerprint density at radius 1 is 1.60 bits per heavy atom. The molecule has 0 aromatic heterocycles. The van der Waals surface area contributed by atoms with Gasteiger partial charge in [0.2, 0.25) is 5.91 Å². The fourth-order valence-electron chi connectivity index (χ4n) is 0.981. The van der Waals surface area contributed by atoms with Crippen molar-refractivity contribution in [1.29, 1.82) is 0 Å². The summed E-state index contributed by atoms with van der Waals surface area (Å²) in [5, 5.41) is 0. The highest BCUT2D eigenvalue weighted by molar-refractivity contribution is 5.76. The van der Waals surface area contributed by atoms with Gasteiger partial charge >= 0.3 is 0 Å². The Bertz CT molecular complexity index is 363. The van der Waals surface area contributed by atoms with Gasteiger partial charge in [-0.1, -0.05) is 19.1 Å². The summed E-state index contributed by atoms with van der Waals surface area (Å²) in [5.41, 5.74) is 5.62. The van der Waals surface area contributed by atoms with Crippen LogP contribution >= 0.6 is 0 Å². The summed E-state index contributed by atoms with van der Waals surface area (Å²) in [5.74, 6) is -0.181. The van der Waals surface area contributed by atoms with Gasteiger partial charge in [0, 0.05) is 5.56 Å². The van der Waals surface area contributed by atoms with Crippen LogP contribution in [0.5, 0.6) is 5.75 Å². The Morgan fingerprint density at radius 2 is 2.33 bits per heavy atom. The van der Waals surface area contributed by atoms with E-state index in [1.165, 1.54) is 0 Å². The second-order valence-corrected chi connectivity index (χ2v) is 3.30. The van der Waals surface area contributed by atoms with Gasteiger partial charge in [-0.05, 0) is 12.1 Å². The van der Waals surface area contributed by atoms with Gasteiger partial charge in [-0.15, -0.1) is 0 Å². The zero-order valence-corrected chi connectivity index (χ0v) is 8.47. The standard InChI is InChI=1S/C11H13NO3/c1-8(11(12)14)7-15-10-4-2-3-9(5-10)6-13/h2-6,8H,7H2,1H3,(H2,12,14). The highest BCUT2D eigenvalue weighted by atomic mass is 16.5. The SMILES string of the molecule is CC(COc1cccc(C=O)c1)C(N)=O. The van der Waals surface area contributed by atoms with Gasteiger partial charge in [-0.3, -0.25) is 9.59 Å². The molecule has 1 aromatic rings. The summed E-state index contributed by atoms with van der Waals surface area (Å²) in [7, 11) is 0. The van der Waals surface area contributed by atoms with Gasteiger partial charge in [-0.25, -0.2) is 0 Å². The van der Waals surface area contributed by atoms with E-state index in [9.17, 15) is 9.59 Å². The molecule has 0 aliphatic heterocycles. The zero-order chi connectivity index (χ0) is 11.3. The maximum Gasteiger partial charge on any atom is 0.223 e. The highest BCUT2D eigenvalue weighted by Gasteiger charge is 2.09. The molecule has 1 aromatic carbocycles. The van der Waals surface area contributed by atoms with Crippen LogP contribution < -0.4 is 10.5 Å². The van der Waals surface area contributed by atoms with Crippen molar-refractivity contribution < 1.29 is 14.3 Å². The van der Waals surface area contributed by atoms with Crippen molar-refractivity contribution in [2.45, 2.75) is 6.92 Å². The first-order valence-electron chi connectivity index (χ1n) is 4.61. The maximum absolute atomic E-state index is 10.7. The molecule has 0 bridgehead atoms. The molecule has 0 radical (unpaired) electrons. The van der Waals surface area contributed by atoms with Crippen LogP contribution in [-0.2, 0) is 4.79 Å². The molecule has 4 nitrogen and oxygen atoms in total. The molecule has 2 N–H and O–H groups in total. The predicted octanol–water partition coefficient (Wildman–Crippen LogP) is 0.999. The molecule has 0 fully saturated rings. The smallest absolute Gasteiger partial charge is 0.223 e. The van der Waals surface area contributed by atoms with Gasteiger partial charge in [-0.2, -0.15) is 0 Å². The fourth-order valence-corrected chi connectivity index (χ4v) is 0.981. The summed E-state index contributed by atoms with van der Waals surface area (Å²) in [6.45, 7) is 1.91. The minimum atomic E-state index is -0.401. The molecular formula is C11H13NO3. The topological polar surface area (TPSA) is 69.4 Å². The van der Waals surface area contributed by atoms with E-state index < -0.39 is 5.91 Å². The summed E-state index contributed by atoms with van der Waals surface area (Å²) in [6.07, 6.45) is 0.740. The van der Waals surface area contributed by atoms with Crippen molar-refractivity contribution in [2.24, 2.45) is 11.7 Å². The number of nitrogens with two attached hydrogens (primary N) is 1. The van der Waals surface area contributed by atoms with Crippen molar-refractivity contribution in [3.8, 4) is 5.75 Å². The van der Waals surface area contributed by atoms with Crippen molar-refractivity contribution in [3.05, 3.63) is 29.8 Å². The number of primary amides is 1. The summed E-state index contributed by atoms with van der Waals surface area (Å²) in [6, 6.07) is 6.73. The number of amides is 1. The number of carbonyl (C=O) groups is 2. The molecule has 0 aliphatic carbocycles. The Balaban J connectivity index is 2.57. The second kappa shape index (κ2) is 5.14. The number of hydrogen-bond donors (Lipinski definition) is 1. The first-order chi connectivity index (χ1) is 7.13. The van der Waals surface area contributed by atoms with E-state index in [1.54, 1.807) is 31.2 Å². The van der Waals surface area contributed by atoms with Crippen molar-refractivity contribution >= 4 is 12.2 Å². The Hall–Kier alpha value is -1.84. The number of benzene rings is 1. The van der Waals surface area contributed by atoms with Crippen molar-refractivity contribution in [2.75, 3.05) is 6.61 Å². The quantitative estimate of drug-likeness (QED) is 0.732. The van der Waals surface area contributed by atoms with Gasteiger partial charge in [0.25, 0.3) is 0 Å². The molecule has 0 saturated carbocycles. The van der Waals surface area contributed by atoms with E-state index in [0.717, 1.165) is 6.29 Å². The largest absolute Gasteiger partial charge is 0.493 e. The van der Waals surface area contributed by atoms with Crippen LogP contribution in [-0.4, -0.2) is 18.8 Å². The molecule has 1 atom stereocenters. The number of hydrogen-bond acceptors (Lipinski definition) is 3. The van der Waals surface area contributed by atoms with Gasteiger partial charge in [0.1, 0.15) is 12.0 Å². The lowest BCUT2D eigenvalue weighted by Gasteiger charge is -2.09. The second-order valence-electron chi connectivity index (χ2n) is 3.30. The van der Waals surface area contributed by atoms with Crippen LogP contribution in [0.4, 0.5) is 0 Å². The van der Waals surface area contributed by atoms with E-state index in [0.29, 0.717) is 11.3 Å². The third kappa shape index (κ3) is 3.42. The minimum absolute atomic E-state index is 0.220. The first kappa shape index (κ1) is 11.2. The average molecular weight is 207 g/mol. The lowest BCUT2D eigenvalue weighted by atomic mass is 10.2. The number of carbonyl (C=O) groups excluding carboxylic acids is 2. The molecular weight excluding hydrogens is 194 g/mol. The minimum Gasteiger partial charge on any atom is -0.493 e. The number of ether oxygens (including phenoxy) is 1. The van der Waals surface area contributed by atoms with Crippen LogP contribution in [0.25, 0.3) is 0 Å². The first-order valence-corrected chi connectivity index (χ1v) is 4.61. The third-order valence-electron chi connectivity index (χ3n) is 1.98. The highest BCUT2D eigenvalue weighted by Crippen LogP contribution is 2.12. The third-order valence-corrected chi connectivity index (χ3v) is 1.98.